The van der Waals surface area contributed by atoms with Gasteiger partial charge in [-0.1, -0.05) is 0 Å². The second-order valence-corrected chi connectivity index (χ2v) is 5.49. The van der Waals surface area contributed by atoms with Gasteiger partial charge in [-0.25, -0.2) is 0 Å². The molecule has 6 nitrogen and oxygen atoms in total. The molecule has 2 atom stereocenters. The minimum absolute atomic E-state index is 0.0454. The van der Waals surface area contributed by atoms with E-state index in [9.17, 15) is 9.59 Å². The van der Waals surface area contributed by atoms with Crippen molar-refractivity contribution in [3.8, 4) is 0 Å². The Morgan fingerprint density at radius 1 is 1.26 bits per heavy atom. The summed E-state index contributed by atoms with van der Waals surface area (Å²) in [4.78, 5) is 24.7. The molecule has 2 fully saturated rings. The van der Waals surface area contributed by atoms with E-state index in [1.165, 1.54) is 19.8 Å². The smallest absolute Gasteiger partial charge is 0.234 e. The first-order valence-electron chi connectivity index (χ1n) is 7.12. The topological polar surface area (TPSA) is 73.5 Å². The molecule has 0 spiro atoms. The highest BCUT2D eigenvalue weighted by Crippen LogP contribution is 2.24. The molecule has 0 radical (unpaired) electrons. The van der Waals surface area contributed by atoms with Crippen molar-refractivity contribution in [3.63, 3.8) is 0 Å². The van der Waals surface area contributed by atoms with E-state index in [4.69, 9.17) is 0 Å². The lowest BCUT2D eigenvalue weighted by atomic mass is 9.94. The first kappa shape index (κ1) is 14.3. The van der Waals surface area contributed by atoms with Crippen LogP contribution in [0.15, 0.2) is 0 Å². The van der Waals surface area contributed by atoms with Gasteiger partial charge in [0.25, 0.3) is 0 Å². The fourth-order valence-corrected chi connectivity index (χ4v) is 2.96. The van der Waals surface area contributed by atoms with Crippen LogP contribution in [0.3, 0.4) is 0 Å². The molecule has 2 aliphatic heterocycles. The molecule has 2 amide bonds. The normalized spacial score (nSPS) is 26.8. The van der Waals surface area contributed by atoms with Gasteiger partial charge in [0.1, 0.15) is 0 Å². The molecule has 0 aromatic heterocycles. The van der Waals surface area contributed by atoms with Crippen LogP contribution in [0.5, 0.6) is 0 Å². The van der Waals surface area contributed by atoms with Crippen molar-refractivity contribution in [2.75, 3.05) is 39.3 Å². The lowest BCUT2D eigenvalue weighted by Gasteiger charge is -2.24. The van der Waals surface area contributed by atoms with Gasteiger partial charge in [0, 0.05) is 39.1 Å². The van der Waals surface area contributed by atoms with Crippen molar-refractivity contribution in [2.24, 2.45) is 5.92 Å². The summed E-state index contributed by atoms with van der Waals surface area (Å²) in [6.45, 7) is 6.04. The molecule has 0 aromatic carbocycles. The van der Waals surface area contributed by atoms with Gasteiger partial charge in [0.05, 0.1) is 6.54 Å². The van der Waals surface area contributed by atoms with Crippen LogP contribution in [-0.4, -0.2) is 62.0 Å². The Labute approximate surface area is 114 Å². The summed E-state index contributed by atoms with van der Waals surface area (Å²) in [5.74, 6) is 0.689. The number of likely N-dealkylation sites (tertiary alicyclic amines) is 1. The van der Waals surface area contributed by atoms with Gasteiger partial charge >= 0.3 is 0 Å². The molecule has 0 bridgehead atoms. The molecule has 2 aliphatic rings. The van der Waals surface area contributed by atoms with Crippen LogP contribution in [0.25, 0.3) is 0 Å². The van der Waals surface area contributed by atoms with Gasteiger partial charge in [0.2, 0.25) is 11.8 Å². The molecule has 2 saturated heterocycles. The maximum absolute atomic E-state index is 11.8. The van der Waals surface area contributed by atoms with Crippen molar-refractivity contribution in [2.45, 2.75) is 25.8 Å². The molecule has 2 rings (SSSR count). The Hall–Kier alpha value is -1.14. The summed E-state index contributed by atoms with van der Waals surface area (Å²) in [7, 11) is 0. The number of piperidine rings is 1. The van der Waals surface area contributed by atoms with E-state index < -0.39 is 0 Å². The summed E-state index contributed by atoms with van der Waals surface area (Å²) in [6.07, 6.45) is 2.52. The number of carbonyl (C=O) groups is 2. The Bertz CT molecular complexity index is 321. The average molecular weight is 268 g/mol. The zero-order chi connectivity index (χ0) is 13.7. The maximum Gasteiger partial charge on any atom is 0.234 e. The molecule has 3 N–H and O–H groups in total. The highest BCUT2D eigenvalue weighted by molar-refractivity contribution is 5.78. The summed E-state index contributed by atoms with van der Waals surface area (Å²) in [5, 5.41) is 9.02. The second-order valence-electron chi connectivity index (χ2n) is 5.49. The van der Waals surface area contributed by atoms with E-state index in [0.29, 0.717) is 31.6 Å². The van der Waals surface area contributed by atoms with Crippen LogP contribution < -0.4 is 16.0 Å². The van der Waals surface area contributed by atoms with Crippen molar-refractivity contribution >= 4 is 11.8 Å². The molecule has 2 heterocycles. The van der Waals surface area contributed by atoms with E-state index in [1.54, 1.807) is 0 Å². The van der Waals surface area contributed by atoms with Gasteiger partial charge in [-0.2, -0.15) is 0 Å². The SMILES string of the molecule is CC(=O)NCCNC(=O)CN1CC2CCCNC2C1. The Kier molecular flexibility index (Phi) is 5.15. The lowest BCUT2D eigenvalue weighted by Crippen LogP contribution is -2.42. The predicted octanol–water partition coefficient (Wildman–Crippen LogP) is -1.08. The molecule has 0 aromatic rings. The highest BCUT2D eigenvalue weighted by atomic mass is 16.2. The van der Waals surface area contributed by atoms with Gasteiger partial charge in [-0.15, -0.1) is 0 Å². The fourth-order valence-electron chi connectivity index (χ4n) is 2.96. The maximum atomic E-state index is 11.8. The first-order chi connectivity index (χ1) is 9.15. The molecular formula is C13H24N4O2. The molecule has 2 unspecified atom stereocenters. The van der Waals surface area contributed by atoms with Crippen LogP contribution in [0, 0.1) is 5.92 Å². The highest BCUT2D eigenvalue weighted by Gasteiger charge is 2.34. The molecule has 0 aliphatic carbocycles. The largest absolute Gasteiger partial charge is 0.355 e. The Morgan fingerprint density at radius 3 is 2.79 bits per heavy atom. The van der Waals surface area contributed by atoms with Crippen LogP contribution in [0.1, 0.15) is 19.8 Å². The second kappa shape index (κ2) is 6.86. The average Bonchev–Trinajstić information content (AvgIpc) is 2.76. The number of hydrogen-bond donors (Lipinski definition) is 3. The minimum atomic E-state index is -0.0658. The Morgan fingerprint density at radius 2 is 2.05 bits per heavy atom. The van der Waals surface area contributed by atoms with Crippen molar-refractivity contribution < 1.29 is 9.59 Å². The number of nitrogens with one attached hydrogen (secondary N) is 3. The van der Waals surface area contributed by atoms with Gasteiger partial charge in [-0.3, -0.25) is 14.5 Å². The zero-order valence-electron chi connectivity index (χ0n) is 11.6. The van der Waals surface area contributed by atoms with Gasteiger partial charge in [0.15, 0.2) is 0 Å². The third-order valence-corrected chi connectivity index (χ3v) is 3.86. The number of nitrogens with zero attached hydrogens (tertiary/aromatic N) is 1. The van der Waals surface area contributed by atoms with Gasteiger partial charge in [-0.05, 0) is 25.3 Å². The third-order valence-electron chi connectivity index (χ3n) is 3.86. The van der Waals surface area contributed by atoms with E-state index in [1.807, 2.05) is 0 Å². The quantitative estimate of drug-likeness (QED) is 0.555. The molecule has 0 saturated carbocycles. The van der Waals surface area contributed by atoms with Gasteiger partial charge < -0.3 is 16.0 Å². The third kappa shape index (κ3) is 4.47. The standard InChI is InChI=1S/C13H24N4O2/c1-10(18)14-5-6-16-13(19)9-17-7-11-3-2-4-15-12(11)8-17/h11-12,15H,2-9H2,1H3,(H,14,18)(H,16,19). The lowest BCUT2D eigenvalue weighted by molar-refractivity contribution is -0.122. The number of rotatable bonds is 5. The molecule has 19 heavy (non-hydrogen) atoms. The Balaban J connectivity index is 1.62. The van der Waals surface area contributed by atoms with Crippen LogP contribution in [0.4, 0.5) is 0 Å². The van der Waals surface area contributed by atoms with Crippen LogP contribution in [-0.2, 0) is 9.59 Å². The number of amides is 2. The zero-order valence-corrected chi connectivity index (χ0v) is 11.6. The number of hydrogen-bond acceptors (Lipinski definition) is 4. The van der Waals surface area contributed by atoms with E-state index in [0.717, 1.165) is 19.6 Å². The van der Waals surface area contributed by atoms with E-state index >= 15 is 0 Å². The summed E-state index contributed by atoms with van der Waals surface area (Å²) in [6, 6.07) is 0.570. The van der Waals surface area contributed by atoms with Crippen molar-refractivity contribution in [1.29, 1.82) is 0 Å². The van der Waals surface area contributed by atoms with E-state index in [2.05, 4.69) is 20.9 Å². The van der Waals surface area contributed by atoms with E-state index in [-0.39, 0.29) is 11.8 Å². The number of carbonyl (C=O) groups excluding carboxylic acids is 2. The van der Waals surface area contributed by atoms with Crippen LogP contribution >= 0.6 is 0 Å². The molecular weight excluding hydrogens is 244 g/mol. The van der Waals surface area contributed by atoms with Crippen molar-refractivity contribution in [3.05, 3.63) is 0 Å². The predicted molar refractivity (Wildman–Crippen MR) is 72.6 cm³/mol. The minimum Gasteiger partial charge on any atom is -0.355 e. The van der Waals surface area contributed by atoms with Crippen LogP contribution in [0.2, 0.25) is 0 Å². The fraction of sp³-hybridized carbons (Fsp3) is 0.846. The monoisotopic (exact) mass is 268 g/mol. The van der Waals surface area contributed by atoms with Crippen molar-refractivity contribution in [1.82, 2.24) is 20.9 Å². The summed E-state index contributed by atoms with van der Waals surface area (Å²) < 4.78 is 0. The number of fused-ring (bicyclic) bond motifs is 1. The molecule has 6 heteroatoms. The molecule has 108 valence electrons. The first-order valence-corrected chi connectivity index (χ1v) is 7.12. The summed E-state index contributed by atoms with van der Waals surface area (Å²) in [5.41, 5.74) is 0. The summed E-state index contributed by atoms with van der Waals surface area (Å²) >= 11 is 0.